The third-order valence-electron chi connectivity index (χ3n) is 4.08. The number of hydrogen-bond donors (Lipinski definition) is 2. The lowest BCUT2D eigenvalue weighted by atomic mass is 9.90. The molecule has 1 unspecified atom stereocenters. The largest absolute Gasteiger partial charge is 0.508 e. The zero-order chi connectivity index (χ0) is 15.3. The lowest BCUT2D eigenvalue weighted by molar-refractivity contribution is -0.116. The van der Waals surface area contributed by atoms with Gasteiger partial charge in [-0.15, -0.1) is 0 Å². The van der Waals surface area contributed by atoms with Gasteiger partial charge < -0.3 is 10.4 Å². The highest BCUT2D eigenvalue weighted by Crippen LogP contribution is 2.44. The third-order valence-corrected chi connectivity index (χ3v) is 4.32. The van der Waals surface area contributed by atoms with Crippen LogP contribution in [0.1, 0.15) is 17.0 Å². The zero-order valence-corrected chi connectivity index (χ0v) is 12.3. The zero-order valence-electron chi connectivity index (χ0n) is 11.5. The van der Waals surface area contributed by atoms with Crippen LogP contribution in [0.5, 0.6) is 5.75 Å². The number of hydrogen-bond acceptors (Lipinski definition) is 2. The maximum Gasteiger partial charge on any atom is 0.236 e. The molecule has 1 amide bonds. The molecular formula is C18H12ClNO2. The first-order chi connectivity index (χ1) is 10.6. The monoisotopic (exact) mass is 309 g/mol. The molecule has 108 valence electrons. The minimum Gasteiger partial charge on any atom is -0.508 e. The molecule has 1 heterocycles. The fourth-order valence-electron chi connectivity index (χ4n) is 3.07. The van der Waals surface area contributed by atoms with Gasteiger partial charge in [0.05, 0.1) is 11.6 Å². The number of phenols is 1. The molecule has 0 bridgehead atoms. The Morgan fingerprint density at radius 2 is 1.82 bits per heavy atom. The van der Waals surface area contributed by atoms with Gasteiger partial charge in [-0.3, -0.25) is 4.79 Å². The predicted octanol–water partition coefficient (Wildman–Crippen LogP) is 4.28. The van der Waals surface area contributed by atoms with E-state index >= 15 is 0 Å². The number of phenolic OH excluding ortho intramolecular Hbond substituents is 1. The van der Waals surface area contributed by atoms with E-state index in [0.29, 0.717) is 10.6 Å². The second-order valence-electron chi connectivity index (χ2n) is 5.38. The number of carbonyl (C=O) groups excluding carboxylic acids is 1. The fraction of sp³-hybridized carbons (Fsp3) is 0.0556. The van der Waals surface area contributed by atoms with Gasteiger partial charge in [-0.05, 0) is 29.1 Å². The van der Waals surface area contributed by atoms with Crippen LogP contribution in [0.3, 0.4) is 0 Å². The first kappa shape index (κ1) is 13.2. The average molecular weight is 310 g/mol. The average Bonchev–Trinajstić information content (AvgIpc) is 2.86. The lowest BCUT2D eigenvalue weighted by Gasteiger charge is -2.12. The van der Waals surface area contributed by atoms with Crippen LogP contribution in [0.25, 0.3) is 10.8 Å². The van der Waals surface area contributed by atoms with Gasteiger partial charge in [-0.1, -0.05) is 48.0 Å². The molecule has 1 atom stereocenters. The van der Waals surface area contributed by atoms with E-state index in [1.54, 1.807) is 12.1 Å². The molecule has 3 aromatic rings. The Morgan fingerprint density at radius 3 is 2.68 bits per heavy atom. The molecule has 2 N–H and O–H groups in total. The molecule has 0 radical (unpaired) electrons. The van der Waals surface area contributed by atoms with Crippen molar-refractivity contribution in [1.82, 2.24) is 0 Å². The summed E-state index contributed by atoms with van der Waals surface area (Å²) in [6, 6.07) is 16.6. The molecule has 4 rings (SSSR count). The highest BCUT2D eigenvalue weighted by Gasteiger charge is 2.34. The Hall–Kier alpha value is -2.52. The molecule has 3 aromatic carbocycles. The fourth-order valence-corrected chi connectivity index (χ4v) is 3.25. The Morgan fingerprint density at radius 1 is 1.00 bits per heavy atom. The predicted molar refractivity (Wildman–Crippen MR) is 87.5 cm³/mol. The summed E-state index contributed by atoms with van der Waals surface area (Å²) in [5, 5.41) is 15.6. The Labute approximate surface area is 132 Å². The molecule has 22 heavy (non-hydrogen) atoms. The first-order valence-electron chi connectivity index (χ1n) is 6.96. The summed E-state index contributed by atoms with van der Waals surface area (Å²) in [6.45, 7) is 0. The molecule has 4 heteroatoms. The van der Waals surface area contributed by atoms with Gasteiger partial charge in [0.15, 0.2) is 0 Å². The number of halogens is 1. The number of anilines is 1. The van der Waals surface area contributed by atoms with Gasteiger partial charge in [0.1, 0.15) is 5.75 Å². The van der Waals surface area contributed by atoms with E-state index in [1.807, 2.05) is 36.4 Å². The number of nitrogens with one attached hydrogen (secondary N) is 1. The minimum atomic E-state index is -0.543. The van der Waals surface area contributed by atoms with Crippen molar-refractivity contribution in [2.75, 3.05) is 5.32 Å². The van der Waals surface area contributed by atoms with Gasteiger partial charge in [-0.25, -0.2) is 0 Å². The SMILES string of the molecule is O=C1Nc2c(ccc3ccccc23)C1c1cc(Cl)ccc1O. The number of rotatable bonds is 1. The van der Waals surface area contributed by atoms with Crippen LogP contribution in [0.2, 0.25) is 5.02 Å². The Balaban J connectivity index is 1.96. The van der Waals surface area contributed by atoms with Crippen molar-refractivity contribution in [2.24, 2.45) is 0 Å². The topological polar surface area (TPSA) is 49.3 Å². The van der Waals surface area contributed by atoms with Crippen molar-refractivity contribution in [2.45, 2.75) is 5.92 Å². The lowest BCUT2D eigenvalue weighted by Crippen LogP contribution is -2.13. The summed E-state index contributed by atoms with van der Waals surface area (Å²) in [5.41, 5.74) is 2.20. The summed E-state index contributed by atoms with van der Waals surface area (Å²) in [5.74, 6) is -0.618. The number of amides is 1. The van der Waals surface area contributed by atoms with Gasteiger partial charge in [0.25, 0.3) is 0 Å². The molecule has 1 aliphatic rings. The number of fused-ring (bicyclic) bond motifs is 3. The first-order valence-corrected chi connectivity index (χ1v) is 7.34. The standard InChI is InChI=1S/C18H12ClNO2/c19-11-6-8-15(21)14(9-11)16-13-7-5-10-3-1-2-4-12(10)17(13)20-18(16)22/h1-9,16,21H,(H,20,22). The van der Waals surface area contributed by atoms with E-state index in [-0.39, 0.29) is 11.7 Å². The number of aromatic hydroxyl groups is 1. The Bertz CT molecular complexity index is 920. The summed E-state index contributed by atoms with van der Waals surface area (Å²) in [4.78, 5) is 12.5. The normalized spacial score (nSPS) is 16.6. The van der Waals surface area contributed by atoms with Crippen LogP contribution >= 0.6 is 11.6 Å². The second kappa shape index (κ2) is 4.75. The minimum absolute atomic E-state index is 0.0746. The maximum atomic E-state index is 12.5. The third kappa shape index (κ3) is 1.86. The molecule has 0 aromatic heterocycles. The summed E-state index contributed by atoms with van der Waals surface area (Å²) in [6.07, 6.45) is 0. The van der Waals surface area contributed by atoms with Crippen molar-refractivity contribution in [3.63, 3.8) is 0 Å². The van der Waals surface area contributed by atoms with Crippen molar-refractivity contribution in [3.8, 4) is 5.75 Å². The molecule has 0 aliphatic carbocycles. The maximum absolute atomic E-state index is 12.5. The van der Waals surface area contributed by atoms with E-state index in [1.165, 1.54) is 6.07 Å². The van der Waals surface area contributed by atoms with Gasteiger partial charge in [0.2, 0.25) is 5.91 Å². The molecule has 0 saturated carbocycles. The van der Waals surface area contributed by atoms with E-state index < -0.39 is 5.92 Å². The highest BCUT2D eigenvalue weighted by molar-refractivity contribution is 6.30. The summed E-state index contributed by atoms with van der Waals surface area (Å²) >= 11 is 6.02. The molecular weight excluding hydrogens is 298 g/mol. The van der Waals surface area contributed by atoms with E-state index in [0.717, 1.165) is 22.0 Å². The van der Waals surface area contributed by atoms with Crippen molar-refractivity contribution in [3.05, 3.63) is 70.7 Å². The molecule has 0 saturated heterocycles. The van der Waals surface area contributed by atoms with Crippen LogP contribution in [-0.2, 0) is 4.79 Å². The smallest absolute Gasteiger partial charge is 0.236 e. The summed E-state index contributed by atoms with van der Waals surface area (Å²) < 4.78 is 0. The second-order valence-corrected chi connectivity index (χ2v) is 5.81. The molecule has 1 aliphatic heterocycles. The van der Waals surface area contributed by atoms with Gasteiger partial charge in [-0.2, -0.15) is 0 Å². The van der Waals surface area contributed by atoms with Crippen molar-refractivity contribution < 1.29 is 9.90 Å². The van der Waals surface area contributed by atoms with E-state index in [4.69, 9.17) is 11.6 Å². The van der Waals surface area contributed by atoms with E-state index in [9.17, 15) is 9.90 Å². The molecule has 0 fully saturated rings. The van der Waals surface area contributed by atoms with Gasteiger partial charge in [0, 0.05) is 16.0 Å². The van der Waals surface area contributed by atoms with Crippen LogP contribution < -0.4 is 5.32 Å². The summed E-state index contributed by atoms with van der Waals surface area (Å²) in [7, 11) is 0. The van der Waals surface area contributed by atoms with E-state index in [2.05, 4.69) is 5.32 Å². The number of benzene rings is 3. The Kier molecular flexibility index (Phi) is 2.84. The van der Waals surface area contributed by atoms with Crippen LogP contribution in [0.15, 0.2) is 54.6 Å². The van der Waals surface area contributed by atoms with Crippen LogP contribution in [0.4, 0.5) is 5.69 Å². The van der Waals surface area contributed by atoms with Crippen LogP contribution in [0, 0.1) is 0 Å². The van der Waals surface area contributed by atoms with Crippen molar-refractivity contribution in [1.29, 1.82) is 0 Å². The molecule has 3 nitrogen and oxygen atoms in total. The quantitative estimate of drug-likeness (QED) is 0.705. The molecule has 0 spiro atoms. The number of carbonyl (C=O) groups is 1. The van der Waals surface area contributed by atoms with Crippen LogP contribution in [-0.4, -0.2) is 11.0 Å². The van der Waals surface area contributed by atoms with Gasteiger partial charge >= 0.3 is 0 Å². The van der Waals surface area contributed by atoms with Crippen molar-refractivity contribution >= 4 is 34.0 Å². The highest BCUT2D eigenvalue weighted by atomic mass is 35.5.